The van der Waals surface area contributed by atoms with Crippen LogP contribution in [-0.4, -0.2) is 44.1 Å². The highest BCUT2D eigenvalue weighted by atomic mass is 35.5. The molecule has 1 aliphatic rings. The maximum Gasteiger partial charge on any atom is 0.253 e. The summed E-state index contributed by atoms with van der Waals surface area (Å²) in [6.07, 6.45) is 1.95. The predicted molar refractivity (Wildman–Crippen MR) is 128 cm³/mol. The van der Waals surface area contributed by atoms with Crippen molar-refractivity contribution in [1.82, 2.24) is 19.0 Å². The number of piperidine rings is 1. The highest BCUT2D eigenvalue weighted by molar-refractivity contribution is 5.98. The lowest BCUT2D eigenvalue weighted by Gasteiger charge is -2.30. The molecule has 1 atom stereocenters. The third kappa shape index (κ3) is 3.60. The summed E-state index contributed by atoms with van der Waals surface area (Å²) in [5.74, 6) is 0.953. The largest absolute Gasteiger partial charge is 0.338 e. The van der Waals surface area contributed by atoms with Crippen molar-refractivity contribution in [2.75, 3.05) is 13.1 Å². The van der Waals surface area contributed by atoms with Crippen LogP contribution in [-0.2, 0) is 13.6 Å². The number of imidazole rings is 1. The number of nitrogens with two attached hydrogens (primary N) is 1. The number of carbonyl (C=O) groups is 1. The topological polar surface area (TPSA) is 69.1 Å². The van der Waals surface area contributed by atoms with E-state index in [2.05, 4.69) is 46.4 Å². The van der Waals surface area contributed by atoms with Crippen LogP contribution in [0, 0.1) is 0 Å². The van der Waals surface area contributed by atoms with E-state index in [9.17, 15) is 4.79 Å². The summed E-state index contributed by atoms with van der Waals surface area (Å²) in [6, 6.07) is 16.5. The Labute approximate surface area is 188 Å². The Morgan fingerprint density at radius 1 is 1.16 bits per heavy atom. The van der Waals surface area contributed by atoms with Crippen LogP contribution in [0.5, 0.6) is 0 Å². The molecule has 2 aromatic heterocycles. The minimum absolute atomic E-state index is 0. The molecule has 2 N–H and O–H groups in total. The summed E-state index contributed by atoms with van der Waals surface area (Å²) in [4.78, 5) is 19.8. The van der Waals surface area contributed by atoms with Crippen LogP contribution in [0.25, 0.3) is 33.5 Å². The van der Waals surface area contributed by atoms with Gasteiger partial charge < -0.3 is 19.8 Å². The maximum absolute atomic E-state index is 13.0. The second-order valence-corrected chi connectivity index (χ2v) is 8.18. The fourth-order valence-corrected chi connectivity index (χ4v) is 4.68. The van der Waals surface area contributed by atoms with Crippen molar-refractivity contribution in [1.29, 1.82) is 0 Å². The number of para-hydroxylation sites is 1. The molecular formula is C24H28ClN5O. The highest BCUT2D eigenvalue weighted by Gasteiger charge is 2.23. The molecule has 162 valence electrons. The maximum atomic E-state index is 13.0. The van der Waals surface area contributed by atoms with Crippen LogP contribution in [0.2, 0.25) is 0 Å². The number of halogens is 1. The van der Waals surface area contributed by atoms with E-state index in [-0.39, 0.29) is 24.4 Å². The lowest BCUT2D eigenvalue weighted by atomic mass is 10.1. The summed E-state index contributed by atoms with van der Waals surface area (Å²) in [5, 5.41) is 1.21. The SMILES string of the molecule is CCn1c(-c2nc3cc(C(=O)N4CCC[C@@H](N)C4)ccc3n2C)cc2ccccc21.Cl. The van der Waals surface area contributed by atoms with Gasteiger partial charge in [0.15, 0.2) is 5.82 Å². The van der Waals surface area contributed by atoms with Gasteiger partial charge in [0.25, 0.3) is 5.91 Å². The molecule has 1 fully saturated rings. The zero-order valence-electron chi connectivity index (χ0n) is 17.9. The first-order chi connectivity index (χ1) is 14.6. The Bertz CT molecular complexity index is 1260. The summed E-state index contributed by atoms with van der Waals surface area (Å²) >= 11 is 0. The zero-order chi connectivity index (χ0) is 20.8. The van der Waals surface area contributed by atoms with Crippen molar-refractivity contribution in [3.8, 4) is 11.5 Å². The molecule has 0 spiro atoms. The van der Waals surface area contributed by atoms with Crippen LogP contribution >= 0.6 is 12.4 Å². The van der Waals surface area contributed by atoms with Gasteiger partial charge in [-0.1, -0.05) is 18.2 Å². The lowest BCUT2D eigenvalue weighted by molar-refractivity contribution is 0.0709. The van der Waals surface area contributed by atoms with Crippen molar-refractivity contribution in [3.63, 3.8) is 0 Å². The molecule has 2 aromatic carbocycles. The fraction of sp³-hybridized carbons (Fsp3) is 0.333. The Balaban J connectivity index is 0.00000231. The van der Waals surface area contributed by atoms with E-state index in [1.165, 1.54) is 10.9 Å². The molecule has 3 heterocycles. The minimum atomic E-state index is 0. The molecule has 5 rings (SSSR count). The molecule has 1 amide bonds. The molecule has 0 bridgehead atoms. The molecule has 4 aromatic rings. The van der Waals surface area contributed by atoms with Gasteiger partial charge in [0, 0.05) is 49.2 Å². The van der Waals surface area contributed by atoms with Crippen molar-refractivity contribution in [2.24, 2.45) is 12.8 Å². The van der Waals surface area contributed by atoms with E-state index in [1.54, 1.807) is 0 Å². The second kappa shape index (κ2) is 8.36. The number of hydrogen-bond donors (Lipinski definition) is 1. The molecular weight excluding hydrogens is 410 g/mol. The molecule has 0 saturated carbocycles. The summed E-state index contributed by atoms with van der Waals surface area (Å²) in [5.41, 5.74) is 10.9. The quantitative estimate of drug-likeness (QED) is 0.522. The standard InChI is InChI=1S/C24H27N5O.ClH/c1-3-29-20-9-5-4-7-16(20)14-22(29)23-26-19-13-17(10-11-21(19)27(23)2)24(30)28-12-6-8-18(25)15-28;/h4-5,7,9-11,13-14,18H,3,6,8,12,15,25H2,1-2H3;1H/t18-;/m1./s1. The Hall–Kier alpha value is -2.83. The van der Waals surface area contributed by atoms with Gasteiger partial charge in [-0.05, 0) is 50.1 Å². The zero-order valence-corrected chi connectivity index (χ0v) is 18.7. The average molecular weight is 438 g/mol. The van der Waals surface area contributed by atoms with Gasteiger partial charge in [0.2, 0.25) is 0 Å². The molecule has 7 heteroatoms. The summed E-state index contributed by atoms with van der Waals surface area (Å²) in [7, 11) is 2.04. The number of hydrogen-bond acceptors (Lipinski definition) is 3. The monoisotopic (exact) mass is 437 g/mol. The fourth-order valence-electron chi connectivity index (χ4n) is 4.68. The molecule has 0 aliphatic carbocycles. The molecule has 0 radical (unpaired) electrons. The molecule has 1 aliphatic heterocycles. The normalized spacial score (nSPS) is 16.6. The van der Waals surface area contributed by atoms with E-state index in [1.807, 2.05) is 30.1 Å². The molecule has 31 heavy (non-hydrogen) atoms. The first-order valence-corrected chi connectivity index (χ1v) is 10.7. The van der Waals surface area contributed by atoms with Crippen LogP contribution in [0.1, 0.15) is 30.1 Å². The lowest BCUT2D eigenvalue weighted by Crippen LogP contribution is -2.45. The van der Waals surface area contributed by atoms with Gasteiger partial charge >= 0.3 is 0 Å². The number of fused-ring (bicyclic) bond motifs is 2. The van der Waals surface area contributed by atoms with Crippen molar-refractivity contribution >= 4 is 40.3 Å². The van der Waals surface area contributed by atoms with Crippen molar-refractivity contribution in [3.05, 3.63) is 54.1 Å². The smallest absolute Gasteiger partial charge is 0.253 e. The highest BCUT2D eigenvalue weighted by Crippen LogP contribution is 2.30. The van der Waals surface area contributed by atoms with Gasteiger partial charge in [-0.25, -0.2) is 4.98 Å². The second-order valence-electron chi connectivity index (χ2n) is 8.18. The Kier molecular flexibility index (Phi) is 5.77. The molecule has 1 saturated heterocycles. The van der Waals surface area contributed by atoms with Gasteiger partial charge in [-0.15, -0.1) is 12.4 Å². The van der Waals surface area contributed by atoms with E-state index in [4.69, 9.17) is 10.7 Å². The van der Waals surface area contributed by atoms with Crippen LogP contribution in [0.4, 0.5) is 0 Å². The third-order valence-corrected chi connectivity index (χ3v) is 6.23. The van der Waals surface area contributed by atoms with Crippen LogP contribution < -0.4 is 5.73 Å². The van der Waals surface area contributed by atoms with E-state index in [0.717, 1.165) is 48.5 Å². The number of carbonyl (C=O) groups excluding carboxylic acids is 1. The van der Waals surface area contributed by atoms with E-state index >= 15 is 0 Å². The summed E-state index contributed by atoms with van der Waals surface area (Å²) in [6.45, 7) is 4.42. The van der Waals surface area contributed by atoms with Crippen LogP contribution in [0.3, 0.4) is 0 Å². The Morgan fingerprint density at radius 3 is 2.74 bits per heavy atom. The number of aromatic nitrogens is 3. The number of benzene rings is 2. The molecule has 6 nitrogen and oxygen atoms in total. The number of nitrogens with zero attached hydrogens (tertiary/aromatic N) is 4. The first-order valence-electron chi connectivity index (χ1n) is 10.7. The number of rotatable bonds is 3. The number of aryl methyl sites for hydroxylation is 2. The molecule has 0 unspecified atom stereocenters. The summed E-state index contributed by atoms with van der Waals surface area (Å²) < 4.78 is 4.40. The van der Waals surface area contributed by atoms with Gasteiger partial charge in [-0.2, -0.15) is 0 Å². The van der Waals surface area contributed by atoms with Gasteiger partial charge in [0.1, 0.15) is 0 Å². The Morgan fingerprint density at radius 2 is 1.97 bits per heavy atom. The van der Waals surface area contributed by atoms with Gasteiger partial charge in [-0.3, -0.25) is 4.79 Å². The predicted octanol–water partition coefficient (Wildman–Crippen LogP) is 4.20. The van der Waals surface area contributed by atoms with Crippen molar-refractivity contribution in [2.45, 2.75) is 32.4 Å². The van der Waals surface area contributed by atoms with E-state index < -0.39 is 0 Å². The van der Waals surface area contributed by atoms with Crippen molar-refractivity contribution < 1.29 is 4.79 Å². The van der Waals surface area contributed by atoms with E-state index in [0.29, 0.717) is 12.1 Å². The minimum Gasteiger partial charge on any atom is -0.338 e. The van der Waals surface area contributed by atoms with Crippen LogP contribution in [0.15, 0.2) is 48.5 Å². The third-order valence-electron chi connectivity index (χ3n) is 6.23. The first kappa shape index (κ1) is 21.4. The van der Waals surface area contributed by atoms with Gasteiger partial charge in [0.05, 0.1) is 16.7 Å². The number of amides is 1. The number of likely N-dealkylation sites (tertiary alicyclic amines) is 1. The average Bonchev–Trinajstić information content (AvgIpc) is 3.30.